The molecule has 0 spiro atoms. The molecule has 1 unspecified atom stereocenters. The summed E-state index contributed by atoms with van der Waals surface area (Å²) in [6, 6.07) is 9.22. The van der Waals surface area contributed by atoms with Crippen LogP contribution in [-0.4, -0.2) is 12.0 Å². The lowest BCUT2D eigenvalue weighted by Gasteiger charge is -2.17. The normalized spacial score (nSPS) is 13.1. The van der Waals surface area contributed by atoms with Crippen LogP contribution in [0.15, 0.2) is 48.8 Å². The van der Waals surface area contributed by atoms with Crippen molar-refractivity contribution in [3.05, 3.63) is 65.5 Å². The van der Waals surface area contributed by atoms with Gasteiger partial charge >= 0.3 is 6.18 Å². The molecule has 1 heterocycles. The maximum Gasteiger partial charge on any atom is 0.416 e. The Labute approximate surface area is 122 Å². The fourth-order valence-corrected chi connectivity index (χ4v) is 2.24. The van der Waals surface area contributed by atoms with Gasteiger partial charge in [0.25, 0.3) is 0 Å². The predicted molar refractivity (Wildman–Crippen MR) is 75.8 cm³/mol. The van der Waals surface area contributed by atoms with Gasteiger partial charge in [0, 0.05) is 18.4 Å². The Kier molecular flexibility index (Phi) is 4.96. The minimum atomic E-state index is -4.29. The SMILES string of the molecule is CNC(CCc1cccnc1)c1ccc(C(F)(F)F)cc1. The summed E-state index contributed by atoms with van der Waals surface area (Å²) < 4.78 is 37.6. The van der Waals surface area contributed by atoms with E-state index in [4.69, 9.17) is 0 Å². The van der Waals surface area contributed by atoms with Gasteiger partial charge < -0.3 is 5.32 Å². The standard InChI is InChI=1S/C16H17F3N2/c1-20-15(9-4-12-3-2-10-21-11-12)13-5-7-14(8-6-13)16(17,18)19/h2-3,5-8,10-11,15,20H,4,9H2,1H3. The molecule has 5 heteroatoms. The van der Waals surface area contributed by atoms with Crippen molar-refractivity contribution >= 4 is 0 Å². The quantitative estimate of drug-likeness (QED) is 0.901. The summed E-state index contributed by atoms with van der Waals surface area (Å²) in [6.45, 7) is 0. The topological polar surface area (TPSA) is 24.9 Å². The molecule has 2 rings (SSSR count). The third-order valence-corrected chi connectivity index (χ3v) is 3.43. The molecule has 0 bridgehead atoms. The van der Waals surface area contributed by atoms with Gasteiger partial charge in [-0.2, -0.15) is 13.2 Å². The van der Waals surface area contributed by atoms with E-state index >= 15 is 0 Å². The number of pyridine rings is 1. The van der Waals surface area contributed by atoms with Gasteiger partial charge in [-0.15, -0.1) is 0 Å². The Morgan fingerprint density at radius 2 is 1.86 bits per heavy atom. The van der Waals surface area contributed by atoms with Crippen molar-refractivity contribution in [1.29, 1.82) is 0 Å². The van der Waals surface area contributed by atoms with E-state index in [2.05, 4.69) is 10.3 Å². The monoisotopic (exact) mass is 294 g/mol. The van der Waals surface area contributed by atoms with Crippen LogP contribution in [0, 0.1) is 0 Å². The van der Waals surface area contributed by atoms with Crippen molar-refractivity contribution in [3.8, 4) is 0 Å². The van der Waals surface area contributed by atoms with Gasteiger partial charge in [-0.25, -0.2) is 0 Å². The summed E-state index contributed by atoms with van der Waals surface area (Å²) in [5, 5.41) is 3.15. The molecule has 0 fully saturated rings. The van der Waals surface area contributed by atoms with Gasteiger partial charge in [-0.1, -0.05) is 18.2 Å². The van der Waals surface area contributed by atoms with Crippen molar-refractivity contribution < 1.29 is 13.2 Å². The van der Waals surface area contributed by atoms with Crippen LogP contribution in [0.2, 0.25) is 0 Å². The molecule has 2 nitrogen and oxygen atoms in total. The van der Waals surface area contributed by atoms with E-state index in [1.54, 1.807) is 12.4 Å². The first-order chi connectivity index (χ1) is 10.0. The van der Waals surface area contributed by atoms with E-state index in [0.29, 0.717) is 0 Å². The fourth-order valence-electron chi connectivity index (χ4n) is 2.24. The average Bonchev–Trinajstić information content (AvgIpc) is 2.48. The lowest BCUT2D eigenvalue weighted by molar-refractivity contribution is -0.137. The number of halogens is 3. The Morgan fingerprint density at radius 3 is 2.38 bits per heavy atom. The second-order valence-electron chi connectivity index (χ2n) is 4.86. The fraction of sp³-hybridized carbons (Fsp3) is 0.312. The molecule has 1 N–H and O–H groups in total. The Balaban J connectivity index is 2.04. The zero-order chi connectivity index (χ0) is 15.3. The number of nitrogens with zero attached hydrogens (tertiary/aromatic N) is 1. The first-order valence-corrected chi connectivity index (χ1v) is 6.74. The van der Waals surface area contributed by atoms with E-state index in [1.165, 1.54) is 12.1 Å². The van der Waals surface area contributed by atoms with Gasteiger partial charge in [-0.05, 0) is 49.2 Å². The van der Waals surface area contributed by atoms with Crippen molar-refractivity contribution in [1.82, 2.24) is 10.3 Å². The molecular formula is C16H17F3N2. The molecule has 112 valence electrons. The number of alkyl halides is 3. The highest BCUT2D eigenvalue weighted by Gasteiger charge is 2.30. The Bertz CT molecular complexity index is 550. The molecule has 0 amide bonds. The van der Waals surface area contributed by atoms with Gasteiger partial charge in [0.05, 0.1) is 5.56 Å². The van der Waals surface area contributed by atoms with Crippen LogP contribution in [0.5, 0.6) is 0 Å². The molecule has 1 atom stereocenters. The highest BCUT2D eigenvalue weighted by atomic mass is 19.4. The molecule has 0 saturated carbocycles. The summed E-state index contributed by atoms with van der Waals surface area (Å²) in [6.07, 6.45) is 0.853. The van der Waals surface area contributed by atoms with E-state index in [0.717, 1.165) is 36.1 Å². The van der Waals surface area contributed by atoms with Gasteiger partial charge in [-0.3, -0.25) is 4.98 Å². The minimum Gasteiger partial charge on any atom is -0.313 e. The maximum absolute atomic E-state index is 12.5. The lowest BCUT2D eigenvalue weighted by Crippen LogP contribution is -2.17. The largest absolute Gasteiger partial charge is 0.416 e. The van der Waals surface area contributed by atoms with E-state index in [1.807, 2.05) is 19.2 Å². The molecule has 0 saturated heterocycles. The number of benzene rings is 1. The van der Waals surface area contributed by atoms with Crippen LogP contribution < -0.4 is 5.32 Å². The third kappa shape index (κ3) is 4.29. The van der Waals surface area contributed by atoms with Gasteiger partial charge in [0.1, 0.15) is 0 Å². The van der Waals surface area contributed by atoms with Crippen LogP contribution >= 0.6 is 0 Å². The summed E-state index contributed by atoms with van der Waals surface area (Å²) >= 11 is 0. The van der Waals surface area contributed by atoms with Crippen LogP contribution in [0.3, 0.4) is 0 Å². The molecule has 0 aliphatic carbocycles. The second kappa shape index (κ2) is 6.72. The Hall–Kier alpha value is -1.88. The number of rotatable bonds is 5. The highest BCUT2D eigenvalue weighted by Crippen LogP contribution is 2.30. The van der Waals surface area contributed by atoms with E-state index in [-0.39, 0.29) is 6.04 Å². The first-order valence-electron chi connectivity index (χ1n) is 6.74. The minimum absolute atomic E-state index is 0.0208. The maximum atomic E-state index is 12.5. The Morgan fingerprint density at radius 1 is 1.14 bits per heavy atom. The molecule has 0 radical (unpaired) electrons. The highest BCUT2D eigenvalue weighted by molar-refractivity contribution is 5.27. The molecular weight excluding hydrogens is 277 g/mol. The molecule has 1 aromatic carbocycles. The average molecular weight is 294 g/mol. The van der Waals surface area contributed by atoms with Crippen molar-refractivity contribution in [2.75, 3.05) is 7.05 Å². The summed E-state index contributed by atoms with van der Waals surface area (Å²) in [5.41, 5.74) is 1.35. The van der Waals surface area contributed by atoms with Crippen LogP contribution in [-0.2, 0) is 12.6 Å². The van der Waals surface area contributed by atoms with Crippen molar-refractivity contribution in [3.63, 3.8) is 0 Å². The van der Waals surface area contributed by atoms with Crippen molar-refractivity contribution in [2.45, 2.75) is 25.1 Å². The second-order valence-corrected chi connectivity index (χ2v) is 4.86. The number of hydrogen-bond acceptors (Lipinski definition) is 2. The number of nitrogens with one attached hydrogen (secondary N) is 1. The van der Waals surface area contributed by atoms with E-state index < -0.39 is 11.7 Å². The van der Waals surface area contributed by atoms with Gasteiger partial charge in [0.15, 0.2) is 0 Å². The molecule has 21 heavy (non-hydrogen) atoms. The number of hydrogen-bond donors (Lipinski definition) is 1. The van der Waals surface area contributed by atoms with Gasteiger partial charge in [0.2, 0.25) is 0 Å². The lowest BCUT2D eigenvalue weighted by atomic mass is 9.98. The van der Waals surface area contributed by atoms with Crippen LogP contribution in [0.25, 0.3) is 0 Å². The van der Waals surface area contributed by atoms with Crippen LogP contribution in [0.1, 0.15) is 29.2 Å². The van der Waals surface area contributed by atoms with Crippen molar-refractivity contribution in [2.24, 2.45) is 0 Å². The molecule has 1 aromatic heterocycles. The summed E-state index contributed by atoms with van der Waals surface area (Å²) in [5.74, 6) is 0. The molecule has 0 aliphatic heterocycles. The smallest absolute Gasteiger partial charge is 0.313 e. The van der Waals surface area contributed by atoms with Crippen LogP contribution in [0.4, 0.5) is 13.2 Å². The molecule has 2 aromatic rings. The zero-order valence-electron chi connectivity index (χ0n) is 11.7. The molecule has 0 aliphatic rings. The summed E-state index contributed by atoms with van der Waals surface area (Å²) in [4.78, 5) is 4.05. The van der Waals surface area contributed by atoms with E-state index in [9.17, 15) is 13.2 Å². The number of aryl methyl sites for hydroxylation is 1. The first kappa shape index (κ1) is 15.5. The third-order valence-electron chi connectivity index (χ3n) is 3.43. The summed E-state index contributed by atoms with van der Waals surface area (Å²) in [7, 11) is 1.81. The number of aromatic nitrogens is 1. The zero-order valence-corrected chi connectivity index (χ0v) is 11.7. The predicted octanol–water partition coefficient (Wildman–Crippen LogP) is 3.99.